The fraction of sp³-hybridized carbons (Fsp3) is 0.680. The molecule has 26 heavy (non-hydrogen) atoms. The van der Waals surface area contributed by atoms with E-state index in [-0.39, 0.29) is 10.8 Å². The van der Waals surface area contributed by atoms with Gasteiger partial charge in [-0.25, -0.2) is 0 Å². The number of benzene rings is 1. The second-order valence-corrected chi connectivity index (χ2v) is 10.4. The molecule has 1 heteroatoms. The summed E-state index contributed by atoms with van der Waals surface area (Å²) in [5, 5.41) is 10.8. The summed E-state index contributed by atoms with van der Waals surface area (Å²) in [6.07, 6.45) is 8.41. The SMILES string of the molecule is CC(C)=CCCC(C)CCCc1cc(C(C)(C)C)c(O)c(C(C)(C)C)c1. The van der Waals surface area contributed by atoms with Crippen molar-refractivity contribution in [2.75, 3.05) is 0 Å². The van der Waals surface area contributed by atoms with E-state index in [1.54, 1.807) is 0 Å². The maximum atomic E-state index is 10.8. The summed E-state index contributed by atoms with van der Waals surface area (Å²) in [5.41, 5.74) is 4.86. The van der Waals surface area contributed by atoms with Gasteiger partial charge in [0, 0.05) is 0 Å². The number of phenolic OH excluding ortho intramolecular Hbond substituents is 1. The van der Waals surface area contributed by atoms with Crippen LogP contribution in [0, 0.1) is 5.92 Å². The van der Waals surface area contributed by atoms with Crippen LogP contribution < -0.4 is 0 Å². The molecule has 1 unspecified atom stereocenters. The molecule has 0 aliphatic rings. The quantitative estimate of drug-likeness (QED) is 0.495. The highest BCUT2D eigenvalue weighted by atomic mass is 16.3. The van der Waals surface area contributed by atoms with Gasteiger partial charge in [-0.05, 0) is 73.0 Å². The first kappa shape index (κ1) is 22.8. The van der Waals surface area contributed by atoms with Crippen LogP contribution in [0.4, 0.5) is 0 Å². The Labute approximate surface area is 162 Å². The molecular weight excluding hydrogens is 316 g/mol. The van der Waals surface area contributed by atoms with Gasteiger partial charge in [0.15, 0.2) is 0 Å². The van der Waals surface area contributed by atoms with E-state index in [1.165, 1.54) is 36.8 Å². The summed E-state index contributed by atoms with van der Waals surface area (Å²) in [6, 6.07) is 4.47. The van der Waals surface area contributed by atoms with Gasteiger partial charge in [0.1, 0.15) is 5.75 Å². The molecule has 1 rings (SSSR count). The maximum absolute atomic E-state index is 10.8. The fourth-order valence-corrected chi connectivity index (χ4v) is 3.44. The van der Waals surface area contributed by atoms with Crippen LogP contribution in [0.15, 0.2) is 23.8 Å². The van der Waals surface area contributed by atoms with Crippen molar-refractivity contribution in [3.8, 4) is 5.75 Å². The molecule has 0 radical (unpaired) electrons. The molecule has 0 aliphatic carbocycles. The van der Waals surface area contributed by atoms with Crippen molar-refractivity contribution in [3.05, 3.63) is 40.5 Å². The van der Waals surface area contributed by atoms with Crippen molar-refractivity contribution in [1.29, 1.82) is 0 Å². The predicted molar refractivity (Wildman–Crippen MR) is 116 cm³/mol. The number of aryl methyl sites for hydroxylation is 1. The maximum Gasteiger partial charge on any atom is 0.123 e. The Morgan fingerprint density at radius 2 is 1.46 bits per heavy atom. The van der Waals surface area contributed by atoms with Crippen molar-refractivity contribution in [2.24, 2.45) is 5.92 Å². The minimum absolute atomic E-state index is 0.0439. The molecule has 1 aromatic carbocycles. The van der Waals surface area contributed by atoms with Crippen LogP contribution in [0.2, 0.25) is 0 Å². The van der Waals surface area contributed by atoms with Gasteiger partial charge >= 0.3 is 0 Å². The predicted octanol–water partition coefficient (Wildman–Crippen LogP) is 7.69. The normalized spacial score (nSPS) is 13.6. The Morgan fingerprint density at radius 1 is 0.962 bits per heavy atom. The molecule has 0 spiro atoms. The second-order valence-electron chi connectivity index (χ2n) is 10.4. The van der Waals surface area contributed by atoms with E-state index < -0.39 is 0 Å². The van der Waals surface area contributed by atoms with Crippen LogP contribution in [-0.4, -0.2) is 5.11 Å². The third-order valence-corrected chi connectivity index (χ3v) is 5.16. The lowest BCUT2D eigenvalue weighted by Crippen LogP contribution is -2.18. The molecule has 0 aromatic heterocycles. The first-order valence-electron chi connectivity index (χ1n) is 10.3. The molecule has 0 saturated carbocycles. The van der Waals surface area contributed by atoms with Crippen LogP contribution in [-0.2, 0) is 17.3 Å². The Bertz CT molecular complexity index is 569. The average molecular weight is 359 g/mol. The van der Waals surface area contributed by atoms with Gasteiger partial charge in [-0.15, -0.1) is 0 Å². The lowest BCUT2D eigenvalue weighted by atomic mass is 9.78. The zero-order valence-corrected chi connectivity index (χ0v) is 18.8. The van der Waals surface area contributed by atoms with Crippen molar-refractivity contribution < 1.29 is 5.11 Å². The monoisotopic (exact) mass is 358 g/mol. The molecule has 1 atom stereocenters. The smallest absolute Gasteiger partial charge is 0.123 e. The van der Waals surface area contributed by atoms with Crippen molar-refractivity contribution in [3.63, 3.8) is 0 Å². The Hall–Kier alpha value is -1.24. The number of rotatable bonds is 7. The van der Waals surface area contributed by atoms with E-state index in [0.29, 0.717) is 5.75 Å². The van der Waals surface area contributed by atoms with Crippen molar-refractivity contribution in [1.82, 2.24) is 0 Å². The summed E-state index contributed by atoms with van der Waals surface area (Å²) >= 11 is 0. The highest BCUT2D eigenvalue weighted by molar-refractivity contribution is 5.49. The van der Waals surface area contributed by atoms with Crippen LogP contribution in [0.25, 0.3) is 0 Å². The highest BCUT2D eigenvalue weighted by Gasteiger charge is 2.26. The Balaban J connectivity index is 2.85. The molecular formula is C25H42O. The number of phenols is 1. The topological polar surface area (TPSA) is 20.2 Å². The van der Waals surface area contributed by atoms with E-state index >= 15 is 0 Å². The van der Waals surface area contributed by atoms with E-state index in [1.807, 2.05) is 0 Å². The van der Waals surface area contributed by atoms with Gasteiger partial charge in [-0.3, -0.25) is 0 Å². The van der Waals surface area contributed by atoms with E-state index in [2.05, 4.69) is 80.5 Å². The Kier molecular flexibility index (Phi) is 7.99. The largest absolute Gasteiger partial charge is 0.507 e. The first-order valence-corrected chi connectivity index (χ1v) is 10.3. The third kappa shape index (κ3) is 7.17. The number of hydrogen-bond donors (Lipinski definition) is 1. The lowest BCUT2D eigenvalue weighted by molar-refractivity contribution is 0.422. The standard InChI is InChI=1S/C25H42O/c1-18(2)12-10-13-19(3)14-11-15-20-16-21(24(4,5)6)23(26)22(17-20)25(7,8)9/h12,16-17,19,26H,10-11,13-15H2,1-9H3. The summed E-state index contributed by atoms with van der Waals surface area (Å²) < 4.78 is 0. The zero-order valence-electron chi connectivity index (χ0n) is 18.8. The highest BCUT2D eigenvalue weighted by Crippen LogP contribution is 2.40. The summed E-state index contributed by atoms with van der Waals surface area (Å²) in [5.74, 6) is 1.26. The van der Waals surface area contributed by atoms with E-state index in [9.17, 15) is 5.11 Å². The van der Waals surface area contributed by atoms with Crippen molar-refractivity contribution >= 4 is 0 Å². The van der Waals surface area contributed by atoms with Gasteiger partial charge in [0.25, 0.3) is 0 Å². The molecule has 0 bridgehead atoms. The average Bonchev–Trinajstić information content (AvgIpc) is 2.45. The van der Waals surface area contributed by atoms with Crippen LogP contribution in [0.1, 0.15) is 105 Å². The molecule has 0 aliphatic heterocycles. The summed E-state index contributed by atoms with van der Waals surface area (Å²) in [7, 11) is 0. The summed E-state index contributed by atoms with van der Waals surface area (Å²) in [4.78, 5) is 0. The lowest BCUT2D eigenvalue weighted by Gasteiger charge is -2.28. The fourth-order valence-electron chi connectivity index (χ4n) is 3.44. The van der Waals surface area contributed by atoms with E-state index in [0.717, 1.165) is 23.5 Å². The first-order chi connectivity index (χ1) is 11.8. The molecule has 0 fully saturated rings. The molecule has 0 heterocycles. The number of aromatic hydroxyl groups is 1. The zero-order chi connectivity index (χ0) is 20.1. The molecule has 0 saturated heterocycles. The van der Waals surface area contributed by atoms with Crippen LogP contribution in [0.3, 0.4) is 0 Å². The molecule has 1 N–H and O–H groups in total. The van der Waals surface area contributed by atoms with Crippen LogP contribution in [0.5, 0.6) is 5.75 Å². The van der Waals surface area contributed by atoms with Crippen LogP contribution >= 0.6 is 0 Å². The minimum Gasteiger partial charge on any atom is -0.507 e. The Morgan fingerprint density at radius 3 is 1.88 bits per heavy atom. The van der Waals surface area contributed by atoms with Gasteiger partial charge < -0.3 is 5.11 Å². The second kappa shape index (κ2) is 9.11. The number of hydrogen-bond acceptors (Lipinski definition) is 1. The molecule has 1 aromatic rings. The number of allylic oxidation sites excluding steroid dienone is 2. The van der Waals surface area contributed by atoms with Gasteiger partial charge in [0.2, 0.25) is 0 Å². The van der Waals surface area contributed by atoms with Gasteiger partial charge in [-0.1, -0.05) is 78.7 Å². The van der Waals surface area contributed by atoms with E-state index in [4.69, 9.17) is 0 Å². The molecule has 1 nitrogen and oxygen atoms in total. The van der Waals surface area contributed by atoms with Gasteiger partial charge in [0.05, 0.1) is 0 Å². The van der Waals surface area contributed by atoms with Crippen molar-refractivity contribution in [2.45, 2.75) is 105 Å². The molecule has 0 amide bonds. The molecule has 148 valence electrons. The minimum atomic E-state index is -0.0439. The third-order valence-electron chi connectivity index (χ3n) is 5.16. The summed E-state index contributed by atoms with van der Waals surface area (Å²) in [6.45, 7) is 19.8. The van der Waals surface area contributed by atoms with Gasteiger partial charge in [-0.2, -0.15) is 0 Å².